The summed E-state index contributed by atoms with van der Waals surface area (Å²) in [5.41, 5.74) is 1.93. The number of carbonyl (C=O) groups excluding carboxylic acids is 1. The molecule has 2 saturated heterocycles. The SMILES string of the molecule is COc1ccc(C(=O)N2CCCC2)c(OC2CCN(Cc3ccncc3)CC2)c1. The molecule has 0 bridgehead atoms. The second kappa shape index (κ2) is 9.27. The summed E-state index contributed by atoms with van der Waals surface area (Å²) in [6.07, 6.45) is 7.84. The molecule has 6 heteroatoms. The Morgan fingerprint density at radius 1 is 1.07 bits per heavy atom. The van der Waals surface area contributed by atoms with Crippen molar-refractivity contribution in [2.24, 2.45) is 0 Å². The molecular formula is C23H29N3O3. The third kappa shape index (κ3) is 4.88. The lowest BCUT2D eigenvalue weighted by Gasteiger charge is -2.32. The van der Waals surface area contributed by atoms with Crippen LogP contribution in [0.3, 0.4) is 0 Å². The summed E-state index contributed by atoms with van der Waals surface area (Å²) in [7, 11) is 1.64. The van der Waals surface area contributed by atoms with E-state index < -0.39 is 0 Å². The monoisotopic (exact) mass is 395 g/mol. The lowest BCUT2D eigenvalue weighted by atomic mass is 10.1. The third-order valence-electron chi connectivity index (χ3n) is 5.80. The fourth-order valence-electron chi connectivity index (χ4n) is 4.11. The summed E-state index contributed by atoms with van der Waals surface area (Å²) < 4.78 is 11.7. The largest absolute Gasteiger partial charge is 0.497 e. The standard InChI is InChI=1S/C23H29N3O3/c1-28-20-4-5-21(23(27)26-12-2-3-13-26)22(16-20)29-19-8-14-25(15-9-19)17-18-6-10-24-11-7-18/h4-7,10-11,16,19H,2-3,8-9,12-15,17H2,1H3. The Morgan fingerprint density at radius 2 is 1.79 bits per heavy atom. The van der Waals surface area contributed by atoms with Crippen LogP contribution in [0.25, 0.3) is 0 Å². The molecule has 1 aromatic heterocycles. The van der Waals surface area contributed by atoms with Crippen molar-refractivity contribution >= 4 is 5.91 Å². The molecule has 0 aliphatic carbocycles. The van der Waals surface area contributed by atoms with Crippen LogP contribution in [-0.2, 0) is 6.54 Å². The lowest BCUT2D eigenvalue weighted by molar-refractivity contribution is 0.0764. The van der Waals surface area contributed by atoms with Gasteiger partial charge in [0.05, 0.1) is 12.7 Å². The molecular weight excluding hydrogens is 366 g/mol. The van der Waals surface area contributed by atoms with Crippen LogP contribution in [-0.4, -0.2) is 60.1 Å². The Bertz CT molecular complexity index is 813. The summed E-state index contributed by atoms with van der Waals surface area (Å²) in [6.45, 7) is 4.56. The smallest absolute Gasteiger partial charge is 0.257 e. The molecule has 2 fully saturated rings. The van der Waals surface area contributed by atoms with Crippen molar-refractivity contribution in [3.8, 4) is 11.5 Å². The van der Waals surface area contributed by atoms with Gasteiger partial charge in [0.15, 0.2) is 0 Å². The first kappa shape index (κ1) is 19.7. The minimum absolute atomic E-state index is 0.0651. The van der Waals surface area contributed by atoms with E-state index in [4.69, 9.17) is 9.47 Å². The molecule has 0 radical (unpaired) electrons. The number of ether oxygens (including phenoxy) is 2. The number of hydrogen-bond donors (Lipinski definition) is 0. The molecule has 154 valence electrons. The molecule has 6 nitrogen and oxygen atoms in total. The van der Waals surface area contributed by atoms with Crippen LogP contribution in [0.5, 0.6) is 11.5 Å². The van der Waals surface area contributed by atoms with Crippen LogP contribution in [0.1, 0.15) is 41.6 Å². The highest BCUT2D eigenvalue weighted by molar-refractivity contribution is 5.97. The van der Waals surface area contributed by atoms with E-state index in [-0.39, 0.29) is 12.0 Å². The van der Waals surface area contributed by atoms with Crippen molar-refractivity contribution in [1.29, 1.82) is 0 Å². The van der Waals surface area contributed by atoms with Gasteiger partial charge in [0.1, 0.15) is 17.6 Å². The van der Waals surface area contributed by atoms with Gasteiger partial charge in [0.25, 0.3) is 5.91 Å². The van der Waals surface area contributed by atoms with Gasteiger partial charge in [0.2, 0.25) is 0 Å². The first-order valence-corrected chi connectivity index (χ1v) is 10.5. The highest BCUT2D eigenvalue weighted by Gasteiger charge is 2.26. The van der Waals surface area contributed by atoms with Gasteiger partial charge in [-0.25, -0.2) is 0 Å². The quantitative estimate of drug-likeness (QED) is 0.751. The van der Waals surface area contributed by atoms with Gasteiger partial charge in [-0.05, 0) is 55.5 Å². The summed E-state index contributed by atoms with van der Waals surface area (Å²) >= 11 is 0. The zero-order chi connectivity index (χ0) is 20.1. The topological polar surface area (TPSA) is 54.9 Å². The number of carbonyl (C=O) groups is 1. The van der Waals surface area contributed by atoms with E-state index in [1.54, 1.807) is 7.11 Å². The van der Waals surface area contributed by atoms with Crippen molar-refractivity contribution in [1.82, 2.24) is 14.8 Å². The molecule has 0 unspecified atom stereocenters. The zero-order valence-electron chi connectivity index (χ0n) is 17.0. The van der Waals surface area contributed by atoms with Gasteiger partial charge >= 0.3 is 0 Å². The van der Waals surface area contributed by atoms with Crippen LogP contribution >= 0.6 is 0 Å². The van der Waals surface area contributed by atoms with Crippen LogP contribution in [0.2, 0.25) is 0 Å². The first-order valence-electron chi connectivity index (χ1n) is 10.5. The summed E-state index contributed by atoms with van der Waals surface area (Å²) in [4.78, 5) is 21.4. The molecule has 1 aromatic carbocycles. The van der Waals surface area contributed by atoms with Crippen molar-refractivity contribution < 1.29 is 14.3 Å². The molecule has 0 atom stereocenters. The Labute approximate surface area is 172 Å². The van der Waals surface area contributed by atoms with Gasteiger partial charge in [-0.3, -0.25) is 14.7 Å². The predicted molar refractivity (Wildman–Crippen MR) is 111 cm³/mol. The van der Waals surface area contributed by atoms with E-state index in [0.717, 1.165) is 58.4 Å². The number of aromatic nitrogens is 1. The van der Waals surface area contributed by atoms with Crippen LogP contribution < -0.4 is 9.47 Å². The van der Waals surface area contributed by atoms with E-state index in [9.17, 15) is 4.79 Å². The fourth-order valence-corrected chi connectivity index (χ4v) is 4.11. The molecule has 29 heavy (non-hydrogen) atoms. The molecule has 0 N–H and O–H groups in total. The second-order valence-electron chi connectivity index (χ2n) is 7.81. The number of methoxy groups -OCH3 is 1. The minimum Gasteiger partial charge on any atom is -0.497 e. The molecule has 4 rings (SSSR count). The maximum absolute atomic E-state index is 13.0. The molecule has 3 heterocycles. The predicted octanol–water partition coefficient (Wildman–Crippen LogP) is 3.37. The highest BCUT2D eigenvalue weighted by atomic mass is 16.5. The van der Waals surface area contributed by atoms with Gasteiger partial charge < -0.3 is 14.4 Å². The van der Waals surface area contributed by atoms with E-state index in [1.807, 2.05) is 35.5 Å². The Morgan fingerprint density at radius 3 is 2.48 bits per heavy atom. The maximum atomic E-state index is 13.0. The second-order valence-corrected chi connectivity index (χ2v) is 7.81. The molecule has 1 amide bonds. The number of pyridine rings is 1. The Kier molecular flexibility index (Phi) is 6.30. The number of hydrogen-bond acceptors (Lipinski definition) is 5. The number of likely N-dealkylation sites (tertiary alicyclic amines) is 2. The van der Waals surface area contributed by atoms with Crippen molar-refractivity contribution in [2.75, 3.05) is 33.3 Å². The van der Waals surface area contributed by atoms with E-state index in [0.29, 0.717) is 17.1 Å². The Balaban J connectivity index is 1.40. The summed E-state index contributed by atoms with van der Waals surface area (Å²) in [6, 6.07) is 9.66. The van der Waals surface area contributed by atoms with Crippen molar-refractivity contribution in [3.05, 3.63) is 53.9 Å². The molecule has 2 aliphatic heterocycles. The van der Waals surface area contributed by atoms with Gasteiger partial charge in [-0.15, -0.1) is 0 Å². The normalized spacial score (nSPS) is 18.0. The average Bonchev–Trinajstić information content (AvgIpc) is 3.30. The van der Waals surface area contributed by atoms with Gasteiger partial charge in [-0.2, -0.15) is 0 Å². The van der Waals surface area contributed by atoms with E-state index in [2.05, 4.69) is 22.0 Å². The lowest BCUT2D eigenvalue weighted by Crippen LogP contribution is -2.38. The minimum atomic E-state index is 0.0651. The summed E-state index contributed by atoms with van der Waals surface area (Å²) in [5.74, 6) is 1.43. The van der Waals surface area contributed by atoms with Gasteiger partial charge in [-0.1, -0.05) is 0 Å². The molecule has 0 spiro atoms. The number of benzene rings is 1. The fraction of sp³-hybridized carbons (Fsp3) is 0.478. The molecule has 2 aliphatic rings. The highest BCUT2D eigenvalue weighted by Crippen LogP contribution is 2.30. The molecule has 2 aromatic rings. The van der Waals surface area contributed by atoms with Crippen LogP contribution in [0, 0.1) is 0 Å². The maximum Gasteiger partial charge on any atom is 0.257 e. The van der Waals surface area contributed by atoms with E-state index >= 15 is 0 Å². The first-order chi connectivity index (χ1) is 14.2. The number of rotatable bonds is 6. The van der Waals surface area contributed by atoms with Crippen LogP contribution in [0.4, 0.5) is 0 Å². The average molecular weight is 396 g/mol. The summed E-state index contributed by atoms with van der Waals surface area (Å²) in [5, 5.41) is 0. The zero-order valence-corrected chi connectivity index (χ0v) is 17.0. The van der Waals surface area contributed by atoms with Crippen molar-refractivity contribution in [3.63, 3.8) is 0 Å². The van der Waals surface area contributed by atoms with Crippen LogP contribution in [0.15, 0.2) is 42.7 Å². The van der Waals surface area contributed by atoms with Crippen molar-refractivity contribution in [2.45, 2.75) is 38.3 Å². The number of nitrogens with zero attached hydrogens (tertiary/aromatic N) is 3. The number of amides is 1. The third-order valence-corrected chi connectivity index (χ3v) is 5.80. The Hall–Kier alpha value is -2.60. The number of piperidine rings is 1. The van der Waals surface area contributed by atoms with Gasteiger partial charge in [0, 0.05) is 51.2 Å². The molecule has 0 saturated carbocycles. The van der Waals surface area contributed by atoms with E-state index in [1.165, 1.54) is 5.56 Å².